The van der Waals surface area contributed by atoms with Crippen LogP contribution >= 0.6 is 11.6 Å². The van der Waals surface area contributed by atoms with Gasteiger partial charge in [0.15, 0.2) is 0 Å². The molecule has 0 saturated carbocycles. The highest BCUT2D eigenvalue weighted by Gasteiger charge is 2.13. The van der Waals surface area contributed by atoms with E-state index in [2.05, 4.69) is 20.9 Å². The molecule has 0 aliphatic heterocycles. The number of nitrogens with zero attached hydrogens (tertiary/aromatic N) is 4. The minimum absolute atomic E-state index is 0.485. The first-order valence-electron chi connectivity index (χ1n) is 5.35. The maximum Gasteiger partial charge on any atom is 0.137 e. The fourth-order valence-electron chi connectivity index (χ4n) is 1.56. The summed E-state index contributed by atoms with van der Waals surface area (Å²) >= 11 is 6.02. The molecule has 5 heteroatoms. The van der Waals surface area contributed by atoms with E-state index in [4.69, 9.17) is 16.9 Å². The summed E-state index contributed by atoms with van der Waals surface area (Å²) in [4.78, 5) is 10.3. The molecule has 0 spiro atoms. The Morgan fingerprint density at radius 2 is 2.19 bits per heavy atom. The molecule has 0 amide bonds. The van der Waals surface area contributed by atoms with Crippen molar-refractivity contribution in [3.05, 3.63) is 17.0 Å². The minimum Gasteiger partial charge on any atom is -0.355 e. The van der Waals surface area contributed by atoms with Crippen molar-refractivity contribution in [2.75, 3.05) is 18.0 Å². The van der Waals surface area contributed by atoms with Crippen molar-refractivity contribution in [3.63, 3.8) is 0 Å². The topological polar surface area (TPSA) is 52.8 Å². The van der Waals surface area contributed by atoms with E-state index in [1.165, 1.54) is 6.33 Å². The molecule has 1 aromatic heterocycles. The number of anilines is 1. The van der Waals surface area contributed by atoms with E-state index in [0.717, 1.165) is 24.3 Å². The van der Waals surface area contributed by atoms with Crippen molar-refractivity contribution < 1.29 is 0 Å². The van der Waals surface area contributed by atoms with Crippen LogP contribution in [0.5, 0.6) is 0 Å². The maximum atomic E-state index is 8.60. The molecule has 0 aliphatic carbocycles. The molecule has 1 heterocycles. The largest absolute Gasteiger partial charge is 0.355 e. The van der Waals surface area contributed by atoms with Gasteiger partial charge in [-0.1, -0.05) is 18.5 Å². The van der Waals surface area contributed by atoms with Crippen LogP contribution in [0.4, 0.5) is 5.82 Å². The fourth-order valence-corrected chi connectivity index (χ4v) is 1.82. The van der Waals surface area contributed by atoms with Crippen LogP contribution in [0.2, 0.25) is 5.15 Å². The van der Waals surface area contributed by atoms with Crippen molar-refractivity contribution in [2.45, 2.75) is 26.7 Å². The monoisotopic (exact) mass is 238 g/mol. The zero-order valence-electron chi connectivity index (χ0n) is 9.57. The van der Waals surface area contributed by atoms with Gasteiger partial charge in [0.2, 0.25) is 0 Å². The first-order chi connectivity index (χ1) is 7.74. The van der Waals surface area contributed by atoms with E-state index >= 15 is 0 Å². The molecule has 16 heavy (non-hydrogen) atoms. The van der Waals surface area contributed by atoms with Gasteiger partial charge in [-0.15, -0.1) is 0 Å². The van der Waals surface area contributed by atoms with E-state index in [-0.39, 0.29) is 0 Å². The number of nitriles is 1. The predicted octanol–water partition coefficient (Wildman–Crippen LogP) is 2.43. The molecule has 0 radical (unpaired) electrons. The van der Waals surface area contributed by atoms with Crippen LogP contribution in [0.15, 0.2) is 6.33 Å². The Morgan fingerprint density at radius 3 is 2.75 bits per heavy atom. The van der Waals surface area contributed by atoms with Crippen LogP contribution in [-0.2, 0) is 6.42 Å². The van der Waals surface area contributed by atoms with E-state index < -0.39 is 0 Å². The third-order valence-corrected chi connectivity index (χ3v) is 2.72. The average molecular weight is 239 g/mol. The molecule has 86 valence electrons. The van der Waals surface area contributed by atoms with Crippen LogP contribution in [-0.4, -0.2) is 23.1 Å². The van der Waals surface area contributed by atoms with Crippen molar-refractivity contribution >= 4 is 17.4 Å². The summed E-state index contributed by atoms with van der Waals surface area (Å²) in [6, 6.07) is 2.14. The first kappa shape index (κ1) is 12.7. The van der Waals surface area contributed by atoms with Gasteiger partial charge in [-0.3, -0.25) is 0 Å². The Morgan fingerprint density at radius 1 is 1.44 bits per heavy atom. The summed E-state index contributed by atoms with van der Waals surface area (Å²) in [6.45, 7) is 5.54. The molecular formula is C11H15ClN4. The van der Waals surface area contributed by atoms with E-state index in [9.17, 15) is 0 Å². The van der Waals surface area contributed by atoms with Gasteiger partial charge in [0.05, 0.1) is 12.5 Å². The molecule has 0 fully saturated rings. The fraction of sp³-hybridized carbons (Fsp3) is 0.545. The van der Waals surface area contributed by atoms with Crippen LogP contribution in [0.25, 0.3) is 0 Å². The number of halogens is 1. The van der Waals surface area contributed by atoms with Crippen LogP contribution in [0.3, 0.4) is 0 Å². The van der Waals surface area contributed by atoms with Gasteiger partial charge < -0.3 is 4.90 Å². The Labute approximate surface area is 101 Å². The molecule has 0 unspecified atom stereocenters. The lowest BCUT2D eigenvalue weighted by atomic mass is 10.2. The van der Waals surface area contributed by atoms with Gasteiger partial charge in [0.25, 0.3) is 0 Å². The van der Waals surface area contributed by atoms with Gasteiger partial charge >= 0.3 is 0 Å². The lowest BCUT2D eigenvalue weighted by Gasteiger charge is -2.23. The molecule has 0 N–H and O–H groups in total. The molecule has 0 bridgehead atoms. The van der Waals surface area contributed by atoms with Gasteiger partial charge in [0, 0.05) is 18.7 Å². The van der Waals surface area contributed by atoms with Gasteiger partial charge in [0.1, 0.15) is 17.3 Å². The summed E-state index contributed by atoms with van der Waals surface area (Å²) in [5, 5.41) is 9.11. The minimum atomic E-state index is 0.485. The van der Waals surface area contributed by atoms with Crippen molar-refractivity contribution in [3.8, 4) is 6.07 Å². The lowest BCUT2D eigenvalue weighted by molar-refractivity contribution is 0.796. The van der Waals surface area contributed by atoms with Crippen LogP contribution in [0.1, 0.15) is 25.8 Å². The van der Waals surface area contributed by atoms with Gasteiger partial charge in [-0.05, 0) is 13.3 Å². The molecule has 0 aromatic carbocycles. The second-order valence-electron chi connectivity index (χ2n) is 3.31. The van der Waals surface area contributed by atoms with Crippen molar-refractivity contribution in [2.24, 2.45) is 0 Å². The molecular weight excluding hydrogens is 224 g/mol. The smallest absolute Gasteiger partial charge is 0.137 e. The van der Waals surface area contributed by atoms with Crippen LogP contribution < -0.4 is 4.90 Å². The van der Waals surface area contributed by atoms with E-state index in [1.54, 1.807) is 0 Å². The Bertz CT molecular complexity index is 386. The summed E-state index contributed by atoms with van der Waals surface area (Å²) in [6.07, 6.45) is 2.74. The predicted molar refractivity (Wildman–Crippen MR) is 64.5 cm³/mol. The normalized spacial score (nSPS) is 9.88. The number of hydrogen-bond acceptors (Lipinski definition) is 4. The number of aromatic nitrogens is 2. The summed E-state index contributed by atoms with van der Waals surface area (Å²) in [5.41, 5.74) is 0.948. The first-order valence-corrected chi connectivity index (χ1v) is 5.73. The van der Waals surface area contributed by atoms with E-state index in [1.807, 2.05) is 13.8 Å². The highest BCUT2D eigenvalue weighted by molar-refractivity contribution is 6.30. The Balaban J connectivity index is 3.00. The second-order valence-corrected chi connectivity index (χ2v) is 3.67. The summed E-state index contributed by atoms with van der Waals surface area (Å²) in [5.74, 6) is 0.847. The molecule has 0 atom stereocenters. The Kier molecular flexibility index (Phi) is 5.00. The molecule has 0 aliphatic rings. The highest BCUT2D eigenvalue weighted by atomic mass is 35.5. The zero-order valence-corrected chi connectivity index (χ0v) is 10.3. The summed E-state index contributed by atoms with van der Waals surface area (Å²) < 4.78 is 0. The summed E-state index contributed by atoms with van der Waals surface area (Å²) in [7, 11) is 0. The van der Waals surface area contributed by atoms with Crippen molar-refractivity contribution in [1.29, 1.82) is 5.26 Å². The van der Waals surface area contributed by atoms with E-state index in [0.29, 0.717) is 18.1 Å². The quantitative estimate of drug-likeness (QED) is 0.740. The van der Waals surface area contributed by atoms with Gasteiger partial charge in [-0.2, -0.15) is 5.26 Å². The third kappa shape index (κ3) is 2.83. The average Bonchev–Trinajstić information content (AvgIpc) is 2.30. The standard InChI is InChI=1S/C11H15ClN4/c1-3-9-10(12)14-8-15-11(9)16(4-2)7-5-6-13/h8H,3-5,7H2,1-2H3. The molecule has 0 saturated heterocycles. The second kappa shape index (κ2) is 6.29. The third-order valence-electron chi connectivity index (χ3n) is 2.40. The van der Waals surface area contributed by atoms with Crippen LogP contribution in [0, 0.1) is 11.3 Å². The molecule has 1 aromatic rings. The lowest BCUT2D eigenvalue weighted by Crippen LogP contribution is -2.26. The van der Waals surface area contributed by atoms with Crippen molar-refractivity contribution in [1.82, 2.24) is 9.97 Å². The van der Waals surface area contributed by atoms with Gasteiger partial charge in [-0.25, -0.2) is 9.97 Å². The molecule has 4 nitrogen and oxygen atoms in total. The number of rotatable bonds is 5. The zero-order chi connectivity index (χ0) is 12.0. The Hall–Kier alpha value is -1.34. The maximum absolute atomic E-state index is 8.60. The number of hydrogen-bond donors (Lipinski definition) is 0. The highest BCUT2D eigenvalue weighted by Crippen LogP contribution is 2.23. The molecule has 1 rings (SSSR count). The SMILES string of the molecule is CCc1c(Cl)ncnc1N(CC)CCC#N.